The highest BCUT2D eigenvalue weighted by Gasteiger charge is 2.43. The molecule has 1 aliphatic heterocycles. The first-order valence-electron chi connectivity index (χ1n) is 8.82. The molecule has 0 saturated heterocycles. The van der Waals surface area contributed by atoms with Gasteiger partial charge in [0.25, 0.3) is 0 Å². The maximum Gasteiger partial charge on any atom is 0.315 e. The highest BCUT2D eigenvalue weighted by molar-refractivity contribution is 6.30. The van der Waals surface area contributed by atoms with Gasteiger partial charge < -0.3 is 4.74 Å². The highest BCUT2D eigenvalue weighted by atomic mass is 35.5. The van der Waals surface area contributed by atoms with Gasteiger partial charge in [-0.2, -0.15) is 0 Å². The summed E-state index contributed by atoms with van der Waals surface area (Å²) in [5.74, 6) is -1.11. The molecule has 1 heterocycles. The molecule has 1 aromatic rings. The van der Waals surface area contributed by atoms with Gasteiger partial charge in [-0.1, -0.05) is 30.7 Å². The van der Waals surface area contributed by atoms with E-state index in [9.17, 15) is 9.59 Å². The van der Waals surface area contributed by atoms with Crippen molar-refractivity contribution in [3.63, 3.8) is 0 Å². The first-order valence-corrected chi connectivity index (χ1v) is 9.20. The maximum absolute atomic E-state index is 12.7. The lowest BCUT2D eigenvalue weighted by Crippen LogP contribution is -2.38. The molecule has 5 heteroatoms. The number of esters is 1. The van der Waals surface area contributed by atoms with Crippen LogP contribution in [0.3, 0.4) is 0 Å². The molecule has 2 aliphatic rings. The maximum atomic E-state index is 12.7. The molecular formula is C20H22ClNO3. The molecule has 4 nitrogen and oxygen atoms in total. The number of ether oxygens (including phenoxy) is 1. The van der Waals surface area contributed by atoms with E-state index in [2.05, 4.69) is 0 Å². The van der Waals surface area contributed by atoms with Crippen molar-refractivity contribution in [1.29, 1.82) is 0 Å². The average molecular weight is 360 g/mol. The summed E-state index contributed by atoms with van der Waals surface area (Å²) in [6.07, 6.45) is 2.76. The van der Waals surface area contributed by atoms with Gasteiger partial charge in [-0.25, -0.2) is 0 Å². The first-order chi connectivity index (χ1) is 12.1. The van der Waals surface area contributed by atoms with E-state index in [0.717, 1.165) is 29.8 Å². The summed E-state index contributed by atoms with van der Waals surface area (Å²) in [6, 6.07) is 7.38. The second kappa shape index (κ2) is 7.52. The minimum atomic E-state index is -0.549. The predicted octanol–water partition coefficient (Wildman–Crippen LogP) is 4.47. The van der Waals surface area contributed by atoms with Crippen LogP contribution >= 0.6 is 11.6 Å². The standard InChI is InChI=1S/C20H22ClNO3/c1-3-14-19(20(24)25-4-2)17(12-8-10-13(21)11-9-12)18-15(22-14)6-5-7-16(18)23/h8-11,17,19H,3-7H2,1-2H3/t17-,19?/m1/s1. The van der Waals surface area contributed by atoms with E-state index in [1.165, 1.54) is 0 Å². The van der Waals surface area contributed by atoms with Gasteiger partial charge in [-0.3, -0.25) is 14.6 Å². The van der Waals surface area contributed by atoms with E-state index in [-0.39, 0.29) is 17.7 Å². The molecule has 0 spiro atoms. The number of ketones is 1. The van der Waals surface area contributed by atoms with E-state index in [1.807, 2.05) is 19.1 Å². The number of rotatable bonds is 4. The summed E-state index contributed by atoms with van der Waals surface area (Å²) in [4.78, 5) is 30.1. The van der Waals surface area contributed by atoms with Crippen LogP contribution in [0.25, 0.3) is 0 Å². The molecule has 2 atom stereocenters. The van der Waals surface area contributed by atoms with Gasteiger partial charge in [0, 0.05) is 34.3 Å². The average Bonchev–Trinajstić information content (AvgIpc) is 2.61. The second-order valence-electron chi connectivity index (χ2n) is 6.35. The molecule has 0 radical (unpaired) electrons. The number of allylic oxidation sites excluding steroid dienone is 2. The minimum absolute atomic E-state index is 0.0920. The van der Waals surface area contributed by atoms with E-state index < -0.39 is 5.92 Å². The lowest BCUT2D eigenvalue weighted by atomic mass is 9.71. The Labute approximate surface area is 152 Å². The summed E-state index contributed by atoms with van der Waals surface area (Å²) in [5, 5.41) is 0.626. The number of hydrogen-bond acceptors (Lipinski definition) is 4. The van der Waals surface area contributed by atoms with E-state index in [4.69, 9.17) is 21.3 Å². The summed E-state index contributed by atoms with van der Waals surface area (Å²) in [6.45, 7) is 4.08. The molecule has 0 bridgehead atoms. The zero-order valence-electron chi connectivity index (χ0n) is 14.5. The number of benzene rings is 1. The first kappa shape index (κ1) is 17.9. The van der Waals surface area contributed by atoms with Crippen molar-refractivity contribution in [2.75, 3.05) is 6.61 Å². The lowest BCUT2D eigenvalue weighted by Gasteiger charge is -2.35. The van der Waals surface area contributed by atoms with E-state index >= 15 is 0 Å². The van der Waals surface area contributed by atoms with Crippen LogP contribution in [0.2, 0.25) is 5.02 Å². The van der Waals surface area contributed by atoms with Gasteiger partial charge in [0.05, 0.1) is 6.61 Å². The van der Waals surface area contributed by atoms with Crippen molar-refractivity contribution < 1.29 is 14.3 Å². The van der Waals surface area contributed by atoms with Crippen LogP contribution in [0.5, 0.6) is 0 Å². The largest absolute Gasteiger partial charge is 0.465 e. The molecule has 1 unspecified atom stereocenters. The summed E-state index contributed by atoms with van der Waals surface area (Å²) >= 11 is 6.03. The van der Waals surface area contributed by atoms with Crippen molar-refractivity contribution >= 4 is 29.1 Å². The molecule has 3 rings (SSSR count). The van der Waals surface area contributed by atoms with Gasteiger partial charge >= 0.3 is 5.97 Å². The Balaban J connectivity index is 2.16. The number of carbonyl (C=O) groups excluding carboxylic acids is 2. The Kier molecular flexibility index (Phi) is 5.38. The van der Waals surface area contributed by atoms with Crippen molar-refractivity contribution in [2.45, 2.75) is 45.4 Å². The van der Waals surface area contributed by atoms with Crippen molar-refractivity contribution in [3.05, 3.63) is 46.1 Å². The fourth-order valence-electron chi connectivity index (χ4n) is 3.75. The zero-order chi connectivity index (χ0) is 18.0. The van der Waals surface area contributed by atoms with Crippen LogP contribution in [-0.4, -0.2) is 24.1 Å². The van der Waals surface area contributed by atoms with Crippen molar-refractivity contribution in [1.82, 2.24) is 0 Å². The summed E-state index contributed by atoms with van der Waals surface area (Å²) in [7, 11) is 0. The van der Waals surface area contributed by atoms with Gasteiger partial charge in [0.1, 0.15) is 5.92 Å². The third kappa shape index (κ3) is 3.40. The summed E-state index contributed by atoms with van der Waals surface area (Å²) < 4.78 is 5.32. The fourth-order valence-corrected chi connectivity index (χ4v) is 3.88. The Morgan fingerprint density at radius 2 is 1.96 bits per heavy atom. The number of nitrogens with zero attached hydrogens (tertiary/aromatic N) is 1. The van der Waals surface area contributed by atoms with Gasteiger partial charge in [0.15, 0.2) is 5.78 Å². The van der Waals surface area contributed by atoms with Crippen molar-refractivity contribution in [3.8, 4) is 0 Å². The normalized spacial score (nSPS) is 23.2. The number of carbonyl (C=O) groups is 2. The lowest BCUT2D eigenvalue weighted by molar-refractivity contribution is -0.146. The van der Waals surface area contributed by atoms with Gasteiger partial charge in [-0.05, 0) is 43.9 Å². The minimum Gasteiger partial charge on any atom is -0.465 e. The highest BCUT2D eigenvalue weighted by Crippen LogP contribution is 2.44. The molecule has 0 fully saturated rings. The Morgan fingerprint density at radius 3 is 2.60 bits per heavy atom. The molecule has 0 N–H and O–H groups in total. The number of halogens is 1. The molecule has 25 heavy (non-hydrogen) atoms. The SMILES string of the molecule is CCOC(=O)C1C(CC)=NC2=C(C(=O)CCC2)[C@H]1c1ccc(Cl)cc1. The van der Waals surface area contributed by atoms with Crippen LogP contribution in [0.1, 0.15) is 51.0 Å². The molecule has 0 aromatic heterocycles. The predicted molar refractivity (Wildman–Crippen MR) is 97.9 cm³/mol. The molecule has 1 aliphatic carbocycles. The molecule has 1 aromatic carbocycles. The second-order valence-corrected chi connectivity index (χ2v) is 6.79. The zero-order valence-corrected chi connectivity index (χ0v) is 15.3. The van der Waals surface area contributed by atoms with Gasteiger partial charge in [-0.15, -0.1) is 0 Å². The van der Waals surface area contributed by atoms with E-state index in [0.29, 0.717) is 30.0 Å². The van der Waals surface area contributed by atoms with Crippen LogP contribution in [0, 0.1) is 5.92 Å². The third-order valence-corrected chi connectivity index (χ3v) is 5.09. The Morgan fingerprint density at radius 1 is 1.24 bits per heavy atom. The molecule has 0 saturated carbocycles. The van der Waals surface area contributed by atoms with Crippen LogP contribution in [0.15, 0.2) is 40.5 Å². The quantitative estimate of drug-likeness (QED) is 0.745. The Hall–Kier alpha value is -1.94. The smallest absolute Gasteiger partial charge is 0.315 e. The number of Topliss-reactive ketones (excluding diaryl/α,β-unsaturated/α-hetero) is 1. The van der Waals surface area contributed by atoms with E-state index in [1.54, 1.807) is 19.1 Å². The summed E-state index contributed by atoms with van der Waals surface area (Å²) in [5.41, 5.74) is 3.23. The monoisotopic (exact) mass is 359 g/mol. The molecular weight excluding hydrogens is 338 g/mol. The van der Waals surface area contributed by atoms with Crippen molar-refractivity contribution in [2.24, 2.45) is 10.9 Å². The van der Waals surface area contributed by atoms with Crippen LogP contribution in [0.4, 0.5) is 0 Å². The van der Waals surface area contributed by atoms with Gasteiger partial charge in [0.2, 0.25) is 0 Å². The fraction of sp³-hybridized carbons (Fsp3) is 0.450. The number of aliphatic imine (C=N–C) groups is 1. The third-order valence-electron chi connectivity index (χ3n) is 4.84. The van der Waals surface area contributed by atoms with Crippen LogP contribution < -0.4 is 0 Å². The van der Waals surface area contributed by atoms with Crippen LogP contribution in [-0.2, 0) is 14.3 Å². The number of hydrogen-bond donors (Lipinski definition) is 0. The molecule has 0 amide bonds. The molecule has 132 valence electrons. The Bertz CT molecular complexity index is 749. The topological polar surface area (TPSA) is 55.7 Å².